The van der Waals surface area contributed by atoms with Gasteiger partial charge in [-0.05, 0) is 56.1 Å². The summed E-state index contributed by atoms with van der Waals surface area (Å²) in [6, 6.07) is 6.83. The Morgan fingerprint density at radius 3 is 2.37 bits per heavy atom. The molecule has 11 nitrogen and oxygen atoms in total. The standard InChI is InChI=1S/C16H14Br2N6O5S/c1-28-11-7-10(20-16(21-11)29-2)24-30(26,27)9-5-3-8(4-6-9)19-15(25)13-12(17)14(18)23-22-13/h3-7H,1-2H3,(H,19,25)(H,22,23)(H,20,21,24). The monoisotopic (exact) mass is 560 g/mol. The molecular weight excluding hydrogens is 548 g/mol. The number of hydrogen-bond acceptors (Lipinski definition) is 8. The first kappa shape index (κ1) is 22.0. The zero-order valence-electron chi connectivity index (χ0n) is 15.4. The highest BCUT2D eigenvalue weighted by molar-refractivity contribution is 9.13. The molecule has 2 aromatic heterocycles. The topological polar surface area (TPSA) is 148 Å². The smallest absolute Gasteiger partial charge is 0.321 e. The molecular formula is C16H14Br2N6O5S. The Morgan fingerprint density at radius 1 is 1.10 bits per heavy atom. The van der Waals surface area contributed by atoms with E-state index in [1.807, 2.05) is 0 Å². The van der Waals surface area contributed by atoms with Gasteiger partial charge in [-0.15, -0.1) is 0 Å². The lowest BCUT2D eigenvalue weighted by Gasteiger charge is -2.10. The molecule has 30 heavy (non-hydrogen) atoms. The first-order valence-electron chi connectivity index (χ1n) is 8.04. The first-order chi connectivity index (χ1) is 14.2. The highest BCUT2D eigenvalue weighted by Crippen LogP contribution is 2.25. The van der Waals surface area contributed by atoms with E-state index >= 15 is 0 Å². The molecule has 1 aromatic carbocycles. The molecule has 0 saturated carbocycles. The van der Waals surface area contributed by atoms with Crippen LogP contribution in [0.3, 0.4) is 0 Å². The Bertz CT molecular complexity index is 1160. The summed E-state index contributed by atoms with van der Waals surface area (Å²) in [5.41, 5.74) is 0.530. The van der Waals surface area contributed by atoms with E-state index in [1.54, 1.807) is 0 Å². The van der Waals surface area contributed by atoms with E-state index < -0.39 is 15.9 Å². The van der Waals surface area contributed by atoms with E-state index in [0.717, 1.165) is 0 Å². The van der Waals surface area contributed by atoms with Crippen molar-refractivity contribution in [3.8, 4) is 11.9 Å². The molecule has 0 saturated heterocycles. The fraction of sp³-hybridized carbons (Fsp3) is 0.125. The van der Waals surface area contributed by atoms with E-state index in [2.05, 4.69) is 62.1 Å². The van der Waals surface area contributed by atoms with Crippen LogP contribution in [0.25, 0.3) is 0 Å². The number of nitrogens with one attached hydrogen (secondary N) is 3. The molecule has 0 spiro atoms. The van der Waals surface area contributed by atoms with Gasteiger partial charge in [0.05, 0.1) is 23.6 Å². The lowest BCUT2D eigenvalue weighted by Crippen LogP contribution is -2.15. The number of carbonyl (C=O) groups is 1. The molecule has 3 N–H and O–H groups in total. The molecule has 0 bridgehead atoms. The highest BCUT2D eigenvalue weighted by atomic mass is 79.9. The molecule has 14 heteroatoms. The van der Waals surface area contributed by atoms with Crippen molar-refractivity contribution in [2.75, 3.05) is 24.3 Å². The number of sulfonamides is 1. The van der Waals surface area contributed by atoms with Crippen LogP contribution >= 0.6 is 31.9 Å². The summed E-state index contributed by atoms with van der Waals surface area (Å²) >= 11 is 6.44. The Labute approximate surface area is 187 Å². The average molecular weight is 562 g/mol. The van der Waals surface area contributed by atoms with E-state index in [9.17, 15) is 13.2 Å². The van der Waals surface area contributed by atoms with Crippen LogP contribution in [-0.4, -0.2) is 48.7 Å². The number of hydrogen-bond donors (Lipinski definition) is 3. The molecule has 158 valence electrons. The van der Waals surface area contributed by atoms with Gasteiger partial charge in [-0.25, -0.2) is 8.42 Å². The van der Waals surface area contributed by atoms with Gasteiger partial charge >= 0.3 is 6.01 Å². The average Bonchev–Trinajstić information content (AvgIpc) is 3.06. The number of methoxy groups -OCH3 is 2. The second-order valence-corrected chi connectivity index (χ2v) is 8.83. The normalized spacial score (nSPS) is 11.1. The molecule has 0 aliphatic rings. The molecule has 2 heterocycles. The number of rotatable bonds is 7. The molecule has 0 unspecified atom stereocenters. The number of nitrogens with zero attached hydrogens (tertiary/aromatic N) is 3. The summed E-state index contributed by atoms with van der Waals surface area (Å²) in [4.78, 5) is 20.1. The molecule has 0 fully saturated rings. The number of halogens is 2. The number of aromatic nitrogens is 4. The van der Waals surface area contributed by atoms with Crippen LogP contribution in [0.2, 0.25) is 0 Å². The van der Waals surface area contributed by atoms with Gasteiger partial charge in [-0.3, -0.25) is 14.6 Å². The van der Waals surface area contributed by atoms with Crippen molar-refractivity contribution in [2.24, 2.45) is 0 Å². The molecule has 0 aliphatic heterocycles. The fourth-order valence-electron chi connectivity index (χ4n) is 2.21. The Balaban J connectivity index is 1.76. The van der Waals surface area contributed by atoms with Crippen LogP contribution < -0.4 is 19.5 Å². The minimum absolute atomic E-state index is 0.0231. The largest absolute Gasteiger partial charge is 0.481 e. The van der Waals surface area contributed by atoms with Crippen LogP contribution in [0.15, 0.2) is 44.3 Å². The summed E-state index contributed by atoms with van der Waals surface area (Å²) in [5, 5.41) is 9.12. The van der Waals surface area contributed by atoms with Gasteiger partial charge in [-0.2, -0.15) is 15.1 Å². The molecule has 3 rings (SSSR count). The number of H-pyrrole nitrogens is 1. The van der Waals surface area contributed by atoms with Gasteiger partial charge in [0.1, 0.15) is 4.60 Å². The molecule has 0 aliphatic carbocycles. The van der Waals surface area contributed by atoms with Gasteiger partial charge in [0.25, 0.3) is 15.9 Å². The molecule has 0 radical (unpaired) electrons. The number of amides is 1. The lowest BCUT2D eigenvalue weighted by atomic mass is 10.3. The third-order valence-corrected chi connectivity index (χ3v) is 6.87. The van der Waals surface area contributed by atoms with Gasteiger partial charge in [0, 0.05) is 11.8 Å². The second-order valence-electron chi connectivity index (χ2n) is 5.57. The van der Waals surface area contributed by atoms with Gasteiger partial charge in [-0.1, -0.05) is 0 Å². The van der Waals surface area contributed by atoms with Crippen molar-refractivity contribution < 1.29 is 22.7 Å². The maximum Gasteiger partial charge on any atom is 0.321 e. The number of ether oxygens (including phenoxy) is 2. The minimum Gasteiger partial charge on any atom is -0.481 e. The summed E-state index contributed by atoms with van der Waals surface area (Å²) in [5.74, 6) is -0.364. The van der Waals surface area contributed by atoms with E-state index in [0.29, 0.717) is 14.8 Å². The van der Waals surface area contributed by atoms with Crippen molar-refractivity contribution in [3.05, 3.63) is 45.1 Å². The maximum absolute atomic E-state index is 12.6. The van der Waals surface area contributed by atoms with Crippen molar-refractivity contribution in [2.45, 2.75) is 4.90 Å². The van der Waals surface area contributed by atoms with E-state index in [1.165, 1.54) is 44.6 Å². The van der Waals surface area contributed by atoms with Gasteiger partial charge in [0.2, 0.25) is 5.88 Å². The molecule has 3 aromatic rings. The van der Waals surface area contributed by atoms with E-state index in [-0.39, 0.29) is 28.3 Å². The number of aromatic amines is 1. The van der Waals surface area contributed by atoms with Crippen LogP contribution in [0, 0.1) is 0 Å². The summed E-state index contributed by atoms with van der Waals surface area (Å²) in [6.45, 7) is 0. The van der Waals surface area contributed by atoms with E-state index in [4.69, 9.17) is 9.47 Å². The zero-order chi connectivity index (χ0) is 21.9. The highest BCUT2D eigenvalue weighted by Gasteiger charge is 2.19. The van der Waals surface area contributed by atoms with Crippen molar-refractivity contribution >= 4 is 59.3 Å². The number of anilines is 2. The van der Waals surface area contributed by atoms with Crippen LogP contribution in [-0.2, 0) is 10.0 Å². The van der Waals surface area contributed by atoms with Crippen molar-refractivity contribution in [3.63, 3.8) is 0 Å². The predicted octanol–water partition coefficient (Wildman–Crippen LogP) is 2.79. The number of carbonyl (C=O) groups excluding carboxylic acids is 1. The molecule has 0 atom stereocenters. The lowest BCUT2D eigenvalue weighted by molar-refractivity contribution is 0.102. The third-order valence-electron chi connectivity index (χ3n) is 3.62. The minimum atomic E-state index is -3.96. The predicted molar refractivity (Wildman–Crippen MR) is 114 cm³/mol. The number of benzene rings is 1. The van der Waals surface area contributed by atoms with Crippen LogP contribution in [0.5, 0.6) is 11.9 Å². The quantitative estimate of drug-likeness (QED) is 0.399. The van der Waals surface area contributed by atoms with Crippen LogP contribution in [0.1, 0.15) is 10.5 Å². The van der Waals surface area contributed by atoms with Crippen LogP contribution in [0.4, 0.5) is 11.5 Å². The van der Waals surface area contributed by atoms with Gasteiger partial charge < -0.3 is 14.8 Å². The Kier molecular flexibility index (Phi) is 6.58. The third kappa shape index (κ3) is 4.88. The van der Waals surface area contributed by atoms with Crippen molar-refractivity contribution in [1.82, 2.24) is 20.2 Å². The summed E-state index contributed by atoms with van der Waals surface area (Å²) < 4.78 is 38.5. The van der Waals surface area contributed by atoms with Gasteiger partial charge in [0.15, 0.2) is 11.5 Å². The molecule has 1 amide bonds. The Morgan fingerprint density at radius 2 is 1.80 bits per heavy atom. The summed E-state index contributed by atoms with van der Waals surface area (Å²) in [6.07, 6.45) is 0. The second kappa shape index (κ2) is 8.97. The zero-order valence-corrected chi connectivity index (χ0v) is 19.4. The summed E-state index contributed by atoms with van der Waals surface area (Å²) in [7, 11) is -1.23. The Hall–Kier alpha value is -2.71. The first-order valence-corrected chi connectivity index (χ1v) is 11.1. The van der Waals surface area contributed by atoms with Crippen molar-refractivity contribution in [1.29, 1.82) is 0 Å². The SMILES string of the molecule is COc1cc(NS(=O)(=O)c2ccc(NC(=O)c3n[nH]c(Br)c3Br)cc2)nc(OC)n1. The fourth-order valence-corrected chi connectivity index (χ4v) is 3.84. The maximum atomic E-state index is 12.6.